The molecule has 3 saturated heterocycles. The van der Waals surface area contributed by atoms with E-state index >= 15 is 0 Å². The number of rotatable bonds is 3. The average molecular weight is 340 g/mol. The second-order valence-electron chi connectivity index (χ2n) is 6.78. The van der Waals surface area contributed by atoms with Crippen molar-refractivity contribution in [3.63, 3.8) is 0 Å². The first-order valence-corrected chi connectivity index (χ1v) is 9.35. The largest absolute Gasteiger partial charge is 0.352 e. The Morgan fingerprint density at radius 2 is 2.17 bits per heavy atom. The topological polar surface area (TPSA) is 90.5 Å². The summed E-state index contributed by atoms with van der Waals surface area (Å²) in [6.45, 7) is 4.39. The van der Waals surface area contributed by atoms with Crippen molar-refractivity contribution in [1.82, 2.24) is 20.9 Å². The van der Waals surface area contributed by atoms with Crippen LogP contribution in [0.25, 0.3) is 0 Å². The number of carbonyl (C=O) groups is 3. The number of hydrogen-bond donors (Lipinski definition) is 3. The van der Waals surface area contributed by atoms with Crippen molar-refractivity contribution in [1.29, 1.82) is 0 Å². The first-order chi connectivity index (χ1) is 11.0. The number of nitrogens with zero attached hydrogens (tertiary/aromatic N) is 1. The summed E-state index contributed by atoms with van der Waals surface area (Å²) in [7, 11) is 0. The van der Waals surface area contributed by atoms with Gasteiger partial charge in [0.15, 0.2) is 0 Å². The van der Waals surface area contributed by atoms with E-state index < -0.39 is 12.1 Å². The Morgan fingerprint density at radius 3 is 2.83 bits per heavy atom. The molecule has 3 heterocycles. The number of carbonyl (C=O) groups excluding carboxylic acids is 3. The first kappa shape index (κ1) is 16.6. The summed E-state index contributed by atoms with van der Waals surface area (Å²) in [6.07, 6.45) is 1.19. The van der Waals surface area contributed by atoms with Gasteiger partial charge in [0.1, 0.15) is 12.1 Å². The molecule has 23 heavy (non-hydrogen) atoms. The normalized spacial score (nSPS) is 34.3. The summed E-state index contributed by atoms with van der Waals surface area (Å²) in [6, 6.07) is -1.08. The van der Waals surface area contributed by atoms with E-state index in [1.165, 1.54) is 0 Å². The highest BCUT2D eigenvalue weighted by Crippen LogP contribution is 2.24. The molecular formula is C15H24N4O3S. The van der Waals surface area contributed by atoms with Crippen LogP contribution in [-0.2, 0) is 14.4 Å². The highest BCUT2D eigenvalue weighted by molar-refractivity contribution is 7.99. The zero-order chi connectivity index (χ0) is 16.6. The van der Waals surface area contributed by atoms with Gasteiger partial charge in [0, 0.05) is 24.2 Å². The van der Waals surface area contributed by atoms with Crippen LogP contribution in [0.3, 0.4) is 0 Å². The molecule has 0 aromatic heterocycles. The maximum absolute atomic E-state index is 12.5. The third kappa shape index (κ3) is 3.33. The van der Waals surface area contributed by atoms with Crippen molar-refractivity contribution in [2.75, 3.05) is 18.2 Å². The summed E-state index contributed by atoms with van der Waals surface area (Å²) in [5.74, 6) is 1.56. The molecule has 3 N–H and O–H groups in total. The Kier molecular flexibility index (Phi) is 4.82. The zero-order valence-corrected chi connectivity index (χ0v) is 14.3. The predicted molar refractivity (Wildman–Crippen MR) is 87.7 cm³/mol. The minimum Gasteiger partial charge on any atom is -0.352 e. The minimum absolute atomic E-state index is 0.00300. The molecule has 128 valence electrons. The van der Waals surface area contributed by atoms with Crippen LogP contribution in [0.4, 0.5) is 0 Å². The number of nitrogens with one attached hydrogen (secondary N) is 3. The Balaban J connectivity index is 1.61. The van der Waals surface area contributed by atoms with Gasteiger partial charge in [0.25, 0.3) is 0 Å². The molecule has 8 heteroatoms. The minimum atomic E-state index is -0.456. The van der Waals surface area contributed by atoms with E-state index in [1.54, 1.807) is 16.7 Å². The molecule has 0 aromatic rings. The predicted octanol–water partition coefficient (Wildman–Crippen LogP) is -0.721. The third-order valence-electron chi connectivity index (χ3n) is 4.80. The lowest BCUT2D eigenvalue weighted by molar-refractivity contribution is -0.153. The Morgan fingerprint density at radius 1 is 1.39 bits per heavy atom. The van der Waals surface area contributed by atoms with Crippen LogP contribution >= 0.6 is 11.8 Å². The van der Waals surface area contributed by atoms with Crippen molar-refractivity contribution >= 4 is 29.5 Å². The summed E-state index contributed by atoms with van der Waals surface area (Å²) < 4.78 is 0. The van der Waals surface area contributed by atoms with Gasteiger partial charge < -0.3 is 15.5 Å². The molecule has 4 atom stereocenters. The van der Waals surface area contributed by atoms with Crippen molar-refractivity contribution in [3.8, 4) is 0 Å². The Bertz CT molecular complexity index is 507. The van der Waals surface area contributed by atoms with Crippen LogP contribution in [0.1, 0.15) is 26.7 Å². The fourth-order valence-electron chi connectivity index (χ4n) is 3.42. The number of hydrogen-bond acceptors (Lipinski definition) is 5. The molecule has 3 aliphatic rings. The van der Waals surface area contributed by atoms with Crippen molar-refractivity contribution < 1.29 is 14.4 Å². The first-order valence-electron chi connectivity index (χ1n) is 8.19. The monoisotopic (exact) mass is 340 g/mol. The lowest BCUT2D eigenvalue weighted by Crippen LogP contribution is -2.68. The van der Waals surface area contributed by atoms with Crippen LogP contribution in [-0.4, -0.2) is 65.0 Å². The SMILES string of the molecule is CC(C)[C@H]1NC(=O)[C@@H]2C[C@@H](NC(=O)[C@@H]3CSCN3)CCN2C1=O. The molecule has 0 spiro atoms. The third-order valence-corrected chi connectivity index (χ3v) is 5.74. The summed E-state index contributed by atoms with van der Waals surface area (Å²) in [5, 5.41) is 9.01. The van der Waals surface area contributed by atoms with Crippen LogP contribution in [0, 0.1) is 5.92 Å². The van der Waals surface area contributed by atoms with E-state index in [4.69, 9.17) is 0 Å². The molecule has 7 nitrogen and oxygen atoms in total. The van der Waals surface area contributed by atoms with E-state index in [1.807, 2.05) is 13.8 Å². The maximum Gasteiger partial charge on any atom is 0.246 e. The molecule has 3 amide bonds. The molecule has 3 rings (SSSR count). The van der Waals surface area contributed by atoms with Gasteiger partial charge >= 0.3 is 0 Å². The molecule has 0 unspecified atom stereocenters. The fraction of sp³-hybridized carbons (Fsp3) is 0.800. The number of fused-ring (bicyclic) bond motifs is 1. The van der Waals surface area contributed by atoms with Crippen LogP contribution < -0.4 is 16.0 Å². The molecule has 0 saturated carbocycles. The number of piperidine rings is 1. The van der Waals surface area contributed by atoms with E-state index in [-0.39, 0.29) is 35.7 Å². The van der Waals surface area contributed by atoms with Gasteiger partial charge in [0.05, 0.1) is 6.04 Å². The lowest BCUT2D eigenvalue weighted by Gasteiger charge is -2.45. The highest BCUT2D eigenvalue weighted by atomic mass is 32.2. The summed E-state index contributed by atoms with van der Waals surface area (Å²) in [5.41, 5.74) is 0. The van der Waals surface area contributed by atoms with Crippen LogP contribution in [0.15, 0.2) is 0 Å². The smallest absolute Gasteiger partial charge is 0.246 e. The van der Waals surface area contributed by atoms with E-state index in [9.17, 15) is 14.4 Å². The Hall–Kier alpha value is -1.28. The van der Waals surface area contributed by atoms with Gasteiger partial charge in [-0.3, -0.25) is 19.7 Å². The van der Waals surface area contributed by atoms with Crippen LogP contribution in [0.2, 0.25) is 0 Å². The molecule has 0 aromatic carbocycles. The lowest BCUT2D eigenvalue weighted by atomic mass is 9.90. The van der Waals surface area contributed by atoms with E-state index in [0.29, 0.717) is 19.4 Å². The molecule has 0 radical (unpaired) electrons. The quantitative estimate of drug-likeness (QED) is 0.631. The molecule has 0 bridgehead atoms. The standard InChI is InChI=1S/C15H24N4O3S/c1-8(2)12-15(22)19-4-3-9(5-11(19)14(21)18-12)17-13(20)10-6-23-7-16-10/h8-12,16H,3-7H2,1-2H3,(H,17,20)(H,18,21)/t9-,10-,11-,12+/m0/s1. The fourth-order valence-corrected chi connectivity index (χ4v) is 4.36. The molecule has 3 fully saturated rings. The average Bonchev–Trinajstić information content (AvgIpc) is 3.05. The number of piperazine rings is 1. The zero-order valence-electron chi connectivity index (χ0n) is 13.5. The highest BCUT2D eigenvalue weighted by Gasteiger charge is 2.45. The second-order valence-corrected chi connectivity index (χ2v) is 7.81. The van der Waals surface area contributed by atoms with E-state index in [2.05, 4.69) is 16.0 Å². The van der Waals surface area contributed by atoms with Crippen molar-refractivity contribution in [3.05, 3.63) is 0 Å². The van der Waals surface area contributed by atoms with Gasteiger partial charge in [-0.2, -0.15) is 0 Å². The van der Waals surface area contributed by atoms with Gasteiger partial charge in [-0.25, -0.2) is 0 Å². The molecule has 3 aliphatic heterocycles. The van der Waals surface area contributed by atoms with E-state index in [0.717, 1.165) is 11.6 Å². The molecular weight excluding hydrogens is 316 g/mol. The van der Waals surface area contributed by atoms with Gasteiger partial charge in [-0.1, -0.05) is 13.8 Å². The summed E-state index contributed by atoms with van der Waals surface area (Å²) in [4.78, 5) is 38.7. The van der Waals surface area contributed by atoms with Gasteiger partial charge in [0.2, 0.25) is 17.7 Å². The van der Waals surface area contributed by atoms with Crippen molar-refractivity contribution in [2.45, 2.75) is 50.9 Å². The van der Waals surface area contributed by atoms with Gasteiger partial charge in [-0.05, 0) is 18.8 Å². The Labute approximate surface area is 140 Å². The summed E-state index contributed by atoms with van der Waals surface area (Å²) >= 11 is 1.71. The van der Waals surface area contributed by atoms with Crippen LogP contribution in [0.5, 0.6) is 0 Å². The number of thioether (sulfide) groups is 1. The van der Waals surface area contributed by atoms with Gasteiger partial charge in [-0.15, -0.1) is 11.8 Å². The number of amides is 3. The molecule has 0 aliphatic carbocycles. The van der Waals surface area contributed by atoms with Crippen molar-refractivity contribution in [2.24, 2.45) is 5.92 Å². The maximum atomic E-state index is 12.5. The second kappa shape index (κ2) is 6.68.